The minimum absolute atomic E-state index is 0.309. The van der Waals surface area contributed by atoms with Crippen molar-refractivity contribution < 1.29 is 9.53 Å². The van der Waals surface area contributed by atoms with Gasteiger partial charge in [-0.25, -0.2) is 0 Å². The molecule has 0 aliphatic carbocycles. The summed E-state index contributed by atoms with van der Waals surface area (Å²) in [6, 6.07) is 7.63. The first-order valence-corrected chi connectivity index (χ1v) is 7.36. The first-order chi connectivity index (χ1) is 10.7. The number of aldehydes is 1. The van der Waals surface area contributed by atoms with Crippen molar-refractivity contribution in [2.24, 2.45) is 0 Å². The van der Waals surface area contributed by atoms with E-state index in [9.17, 15) is 4.79 Å². The lowest BCUT2D eigenvalue weighted by molar-refractivity contribution is 0.111. The average molecular weight is 315 g/mol. The molecule has 3 aromatic rings. The van der Waals surface area contributed by atoms with Gasteiger partial charge in [-0.2, -0.15) is 4.68 Å². The largest absolute Gasteiger partial charge is 0.497 e. The van der Waals surface area contributed by atoms with Crippen molar-refractivity contribution in [1.82, 2.24) is 25.2 Å². The Balaban J connectivity index is 1.97. The van der Waals surface area contributed by atoms with Gasteiger partial charge in [-0.05, 0) is 24.6 Å². The summed E-state index contributed by atoms with van der Waals surface area (Å²) in [6.45, 7) is 1.86. The zero-order valence-corrected chi connectivity index (χ0v) is 12.9. The standard InChI is InChI=1S/C14H13N5O2S/c1-9-15-17-14(22-9)19-13(12(8-20)16-18-19)7-10-3-5-11(21-2)6-4-10/h3-6,8H,7H2,1-2H3. The third kappa shape index (κ3) is 2.73. The maximum Gasteiger partial charge on any atom is 0.234 e. The first kappa shape index (κ1) is 14.3. The number of aromatic nitrogens is 5. The van der Waals surface area contributed by atoms with E-state index in [1.165, 1.54) is 11.3 Å². The Kier molecular flexibility index (Phi) is 3.92. The molecule has 0 N–H and O–H groups in total. The lowest BCUT2D eigenvalue weighted by Gasteiger charge is -2.05. The Morgan fingerprint density at radius 1 is 1.23 bits per heavy atom. The van der Waals surface area contributed by atoms with E-state index in [0.717, 1.165) is 16.3 Å². The third-order valence-electron chi connectivity index (χ3n) is 3.13. The highest BCUT2D eigenvalue weighted by molar-refractivity contribution is 7.13. The molecule has 0 aliphatic heterocycles. The summed E-state index contributed by atoms with van der Waals surface area (Å²) in [5.74, 6) is 0.783. The molecule has 1 aromatic carbocycles. The maximum atomic E-state index is 11.2. The van der Waals surface area contributed by atoms with Crippen molar-refractivity contribution in [2.45, 2.75) is 13.3 Å². The van der Waals surface area contributed by atoms with Crippen molar-refractivity contribution in [3.63, 3.8) is 0 Å². The fourth-order valence-corrected chi connectivity index (χ4v) is 2.69. The van der Waals surface area contributed by atoms with Crippen LogP contribution < -0.4 is 4.74 Å². The summed E-state index contributed by atoms with van der Waals surface area (Å²) in [5, 5.41) is 17.4. The number of hydrogen-bond donors (Lipinski definition) is 0. The molecule has 3 rings (SSSR count). The second kappa shape index (κ2) is 6.02. The Morgan fingerprint density at radius 2 is 2.00 bits per heavy atom. The van der Waals surface area contributed by atoms with E-state index in [4.69, 9.17) is 4.74 Å². The van der Waals surface area contributed by atoms with Gasteiger partial charge in [-0.3, -0.25) is 4.79 Å². The average Bonchev–Trinajstić information content (AvgIpc) is 3.14. The number of rotatable bonds is 5. The zero-order chi connectivity index (χ0) is 15.5. The number of carbonyl (C=O) groups excluding carboxylic acids is 1. The molecular weight excluding hydrogens is 302 g/mol. The van der Waals surface area contributed by atoms with E-state index in [1.54, 1.807) is 11.8 Å². The van der Waals surface area contributed by atoms with Crippen molar-refractivity contribution >= 4 is 17.6 Å². The van der Waals surface area contributed by atoms with Crippen molar-refractivity contribution in [1.29, 1.82) is 0 Å². The molecule has 22 heavy (non-hydrogen) atoms. The fraction of sp³-hybridized carbons (Fsp3) is 0.214. The van der Waals surface area contributed by atoms with Crippen LogP contribution in [0.4, 0.5) is 0 Å². The van der Waals surface area contributed by atoms with Crippen LogP contribution in [0.1, 0.15) is 26.8 Å². The van der Waals surface area contributed by atoms with Crippen molar-refractivity contribution in [3.8, 4) is 10.9 Å². The van der Waals surface area contributed by atoms with Gasteiger partial charge in [0.25, 0.3) is 0 Å². The van der Waals surface area contributed by atoms with Crippen LogP contribution in [0.3, 0.4) is 0 Å². The molecule has 0 bridgehead atoms. The number of nitrogens with zero attached hydrogens (tertiary/aromatic N) is 5. The Bertz CT molecular complexity index is 794. The van der Waals surface area contributed by atoms with Gasteiger partial charge in [0.05, 0.1) is 12.8 Å². The summed E-state index contributed by atoms with van der Waals surface area (Å²) >= 11 is 1.40. The molecule has 8 heteroatoms. The zero-order valence-electron chi connectivity index (χ0n) is 12.1. The molecule has 0 unspecified atom stereocenters. The second-order valence-corrected chi connectivity index (χ2v) is 5.74. The minimum atomic E-state index is 0.309. The topological polar surface area (TPSA) is 82.8 Å². The SMILES string of the molecule is COc1ccc(Cc2c(C=O)nnn2-c2nnc(C)s2)cc1. The van der Waals surface area contributed by atoms with Gasteiger partial charge in [0.2, 0.25) is 5.13 Å². The predicted molar refractivity (Wildman–Crippen MR) is 80.8 cm³/mol. The molecular formula is C14H13N5O2S. The summed E-state index contributed by atoms with van der Waals surface area (Å²) in [7, 11) is 1.62. The number of benzene rings is 1. The summed E-state index contributed by atoms with van der Waals surface area (Å²) in [6.07, 6.45) is 1.22. The highest BCUT2D eigenvalue weighted by Gasteiger charge is 2.17. The van der Waals surface area contributed by atoms with Crippen LogP contribution in [0.15, 0.2) is 24.3 Å². The van der Waals surface area contributed by atoms with Crippen LogP contribution in [0, 0.1) is 6.92 Å². The minimum Gasteiger partial charge on any atom is -0.497 e. The van der Waals surface area contributed by atoms with E-state index in [1.807, 2.05) is 31.2 Å². The molecule has 0 spiro atoms. The molecule has 112 valence electrons. The molecule has 0 atom stereocenters. The number of methoxy groups -OCH3 is 1. The number of ether oxygens (including phenoxy) is 1. The van der Waals surface area contributed by atoms with Crippen LogP contribution in [0.5, 0.6) is 5.75 Å². The third-order valence-corrected chi connectivity index (χ3v) is 3.95. The molecule has 0 saturated heterocycles. The molecule has 2 heterocycles. The molecule has 0 saturated carbocycles. The van der Waals surface area contributed by atoms with E-state index >= 15 is 0 Å². The summed E-state index contributed by atoms with van der Waals surface area (Å²) in [5.41, 5.74) is 2.02. The van der Waals surface area contributed by atoms with Crippen LogP contribution in [-0.4, -0.2) is 38.6 Å². The Morgan fingerprint density at radius 3 is 2.59 bits per heavy atom. The van der Waals surface area contributed by atoms with Crippen molar-refractivity contribution in [2.75, 3.05) is 7.11 Å². The van der Waals surface area contributed by atoms with Crippen LogP contribution in [-0.2, 0) is 6.42 Å². The van der Waals surface area contributed by atoms with Crippen LogP contribution >= 0.6 is 11.3 Å². The summed E-state index contributed by atoms with van der Waals surface area (Å²) in [4.78, 5) is 11.2. The molecule has 7 nitrogen and oxygen atoms in total. The Hall–Kier alpha value is -2.61. The monoisotopic (exact) mass is 315 g/mol. The van der Waals surface area contributed by atoms with Gasteiger partial charge >= 0.3 is 0 Å². The highest BCUT2D eigenvalue weighted by atomic mass is 32.1. The van der Waals surface area contributed by atoms with E-state index in [-0.39, 0.29) is 0 Å². The highest BCUT2D eigenvalue weighted by Crippen LogP contribution is 2.20. The van der Waals surface area contributed by atoms with Gasteiger partial charge < -0.3 is 4.74 Å². The normalized spacial score (nSPS) is 10.6. The van der Waals surface area contributed by atoms with Gasteiger partial charge in [-0.1, -0.05) is 28.7 Å². The quantitative estimate of drug-likeness (QED) is 0.668. The number of carbonyl (C=O) groups is 1. The smallest absolute Gasteiger partial charge is 0.234 e. The lowest BCUT2D eigenvalue weighted by Crippen LogP contribution is -2.04. The molecule has 0 aliphatic rings. The second-order valence-electron chi connectivity index (χ2n) is 4.58. The molecule has 0 radical (unpaired) electrons. The number of aryl methyl sites for hydroxylation is 1. The van der Waals surface area contributed by atoms with Gasteiger partial charge in [-0.15, -0.1) is 15.3 Å². The van der Waals surface area contributed by atoms with Gasteiger partial charge in [0.15, 0.2) is 6.29 Å². The molecule has 0 amide bonds. The molecule has 2 aromatic heterocycles. The van der Waals surface area contributed by atoms with Crippen LogP contribution in [0.2, 0.25) is 0 Å². The fourth-order valence-electron chi connectivity index (χ4n) is 2.03. The summed E-state index contributed by atoms with van der Waals surface area (Å²) < 4.78 is 6.71. The van der Waals surface area contributed by atoms with Gasteiger partial charge in [0, 0.05) is 6.42 Å². The van der Waals surface area contributed by atoms with Gasteiger partial charge in [0.1, 0.15) is 16.5 Å². The first-order valence-electron chi connectivity index (χ1n) is 6.54. The maximum absolute atomic E-state index is 11.2. The lowest BCUT2D eigenvalue weighted by atomic mass is 10.1. The number of hydrogen-bond acceptors (Lipinski definition) is 7. The Labute approximate surface area is 130 Å². The molecule has 0 fully saturated rings. The van der Waals surface area contributed by atoms with E-state index in [2.05, 4.69) is 20.5 Å². The van der Waals surface area contributed by atoms with E-state index in [0.29, 0.717) is 29.2 Å². The van der Waals surface area contributed by atoms with Crippen LogP contribution in [0.25, 0.3) is 5.13 Å². The predicted octanol–water partition coefficient (Wildman–Crippen LogP) is 1.84. The van der Waals surface area contributed by atoms with Crippen molar-refractivity contribution in [3.05, 3.63) is 46.2 Å². The van der Waals surface area contributed by atoms with E-state index < -0.39 is 0 Å².